The highest BCUT2D eigenvalue weighted by atomic mass is 16.6. The van der Waals surface area contributed by atoms with Crippen LogP contribution in [0.4, 0.5) is 0 Å². The number of aliphatic hydroxyl groups excluding tert-OH is 3. The minimum absolute atomic E-state index is 0.0382. The van der Waals surface area contributed by atoms with Crippen LogP contribution in [0, 0.1) is 22.7 Å². The third-order valence-electron chi connectivity index (χ3n) is 7.84. The lowest BCUT2D eigenvalue weighted by atomic mass is 9.59. The van der Waals surface area contributed by atoms with Crippen molar-refractivity contribution in [3.05, 3.63) is 0 Å². The van der Waals surface area contributed by atoms with Gasteiger partial charge < -0.3 is 30.3 Å². The van der Waals surface area contributed by atoms with Crippen LogP contribution in [0.15, 0.2) is 0 Å². The summed E-state index contributed by atoms with van der Waals surface area (Å²) in [5, 5.41) is 53.2. The minimum Gasteiger partial charge on any atom is -0.459 e. The maximum atomic E-state index is 12.4. The Morgan fingerprint density at radius 3 is 2.36 bits per heavy atom. The molecule has 160 valence electrons. The number of cyclic esters (lactones) is 1. The highest BCUT2D eigenvalue weighted by Gasteiger charge is 2.71. The molecule has 28 heavy (non-hydrogen) atoms. The number of carbonyl (C=O) groups excluding carboxylic acids is 2. The van der Waals surface area contributed by atoms with E-state index >= 15 is 0 Å². The van der Waals surface area contributed by atoms with Gasteiger partial charge in [-0.25, -0.2) is 0 Å². The van der Waals surface area contributed by atoms with Crippen molar-refractivity contribution in [1.29, 1.82) is 0 Å². The van der Waals surface area contributed by atoms with Gasteiger partial charge in [0.1, 0.15) is 17.5 Å². The summed E-state index contributed by atoms with van der Waals surface area (Å²) in [5.41, 5.74) is -5.51. The molecule has 8 heteroatoms. The number of aliphatic hydroxyl groups is 5. The van der Waals surface area contributed by atoms with Crippen LogP contribution < -0.4 is 0 Å². The van der Waals surface area contributed by atoms with Crippen molar-refractivity contribution >= 4 is 11.8 Å². The summed E-state index contributed by atoms with van der Waals surface area (Å²) in [5.74, 6) is -2.43. The summed E-state index contributed by atoms with van der Waals surface area (Å²) in [4.78, 5) is 24.9. The zero-order valence-corrected chi connectivity index (χ0v) is 16.9. The molecule has 2 aliphatic carbocycles. The van der Waals surface area contributed by atoms with Crippen molar-refractivity contribution in [2.24, 2.45) is 22.7 Å². The molecule has 3 fully saturated rings. The van der Waals surface area contributed by atoms with E-state index in [1.54, 1.807) is 13.8 Å². The first kappa shape index (κ1) is 21.6. The normalized spacial score (nSPS) is 49.9. The van der Waals surface area contributed by atoms with Gasteiger partial charge in [0.15, 0.2) is 0 Å². The fourth-order valence-electron chi connectivity index (χ4n) is 6.22. The Labute approximate surface area is 164 Å². The van der Waals surface area contributed by atoms with Crippen LogP contribution in [0.3, 0.4) is 0 Å². The smallest absolute Gasteiger partial charge is 0.314 e. The molecule has 8 nitrogen and oxygen atoms in total. The topological polar surface area (TPSA) is 145 Å². The second-order valence-electron chi connectivity index (χ2n) is 9.82. The molecule has 1 saturated heterocycles. The minimum atomic E-state index is -1.69. The van der Waals surface area contributed by atoms with Gasteiger partial charge >= 0.3 is 5.97 Å². The quantitative estimate of drug-likeness (QED) is 0.390. The summed E-state index contributed by atoms with van der Waals surface area (Å²) in [6, 6.07) is 0. The van der Waals surface area contributed by atoms with E-state index in [4.69, 9.17) is 4.74 Å². The van der Waals surface area contributed by atoms with Gasteiger partial charge in [0.2, 0.25) is 0 Å². The molecule has 3 rings (SSSR count). The van der Waals surface area contributed by atoms with E-state index in [0.29, 0.717) is 0 Å². The van der Waals surface area contributed by atoms with Gasteiger partial charge in [-0.05, 0) is 47.0 Å². The molecular formula is C20H32O8. The van der Waals surface area contributed by atoms with E-state index in [0.717, 1.165) is 0 Å². The second kappa shape index (κ2) is 6.47. The SMILES string of the molecule is CC(=O)C1C[C@H](O)C2[C@@H](O)C1(CC1OC(=O)C(C)(C)[C@@]1(O)CCO)C[C@@]2(C)O. The van der Waals surface area contributed by atoms with Gasteiger partial charge in [-0.1, -0.05) is 0 Å². The second-order valence-corrected chi connectivity index (χ2v) is 9.82. The molecule has 3 aliphatic rings. The van der Waals surface area contributed by atoms with Gasteiger partial charge in [0, 0.05) is 30.3 Å². The van der Waals surface area contributed by atoms with Crippen LogP contribution in [0.2, 0.25) is 0 Å². The van der Waals surface area contributed by atoms with Crippen molar-refractivity contribution in [2.45, 2.75) is 82.9 Å². The summed E-state index contributed by atoms with van der Waals surface area (Å²) in [7, 11) is 0. The Bertz CT molecular complexity index is 673. The van der Waals surface area contributed by atoms with E-state index in [2.05, 4.69) is 0 Å². The number of esters is 1. The fraction of sp³-hybridized carbons (Fsp3) is 0.900. The Hall–Kier alpha value is -1.06. The number of fused-ring (bicyclic) bond motifs is 2. The number of rotatable bonds is 5. The van der Waals surface area contributed by atoms with E-state index in [1.165, 1.54) is 13.8 Å². The Kier molecular flexibility index (Phi) is 5.00. The number of carbonyl (C=O) groups is 2. The molecule has 0 aromatic rings. The summed E-state index contributed by atoms with van der Waals surface area (Å²) < 4.78 is 5.50. The van der Waals surface area contributed by atoms with Crippen LogP contribution in [-0.4, -0.2) is 73.4 Å². The number of ether oxygens (including phenoxy) is 1. The van der Waals surface area contributed by atoms with Crippen LogP contribution >= 0.6 is 0 Å². The standard InChI is InChI=1S/C20H32O8/c1-10(22)11-7-12(23)14-15(24)19(11,9-18(14,4)26)8-13-20(27,5-6-21)17(2,3)16(25)28-13/h11-15,21,23-24,26-27H,5-9H2,1-4H3/t11?,12-,13?,14?,15+,18+,19?,20+/m0/s1. The zero-order chi connectivity index (χ0) is 21.3. The highest BCUT2D eigenvalue weighted by Crippen LogP contribution is 2.63. The van der Waals surface area contributed by atoms with Crippen molar-refractivity contribution in [3.8, 4) is 0 Å². The lowest BCUT2D eigenvalue weighted by molar-refractivity contribution is -0.163. The Morgan fingerprint density at radius 1 is 1.21 bits per heavy atom. The first-order chi connectivity index (χ1) is 12.7. The predicted molar refractivity (Wildman–Crippen MR) is 96.9 cm³/mol. The van der Waals surface area contributed by atoms with Crippen LogP contribution in [0.5, 0.6) is 0 Å². The molecular weight excluding hydrogens is 368 g/mol. The van der Waals surface area contributed by atoms with E-state index < -0.39 is 58.1 Å². The number of ketones is 1. The molecule has 1 aliphatic heterocycles. The average molecular weight is 400 g/mol. The van der Waals surface area contributed by atoms with Crippen molar-refractivity contribution in [1.82, 2.24) is 0 Å². The van der Waals surface area contributed by atoms with Crippen molar-refractivity contribution in [3.63, 3.8) is 0 Å². The molecule has 0 amide bonds. The van der Waals surface area contributed by atoms with Gasteiger partial charge in [0.05, 0.1) is 23.2 Å². The van der Waals surface area contributed by atoms with E-state index in [1.807, 2.05) is 0 Å². The van der Waals surface area contributed by atoms with Gasteiger partial charge in [-0.2, -0.15) is 0 Å². The van der Waals surface area contributed by atoms with E-state index in [-0.39, 0.29) is 38.1 Å². The van der Waals surface area contributed by atoms with Gasteiger partial charge in [-0.3, -0.25) is 9.59 Å². The number of hydrogen-bond donors (Lipinski definition) is 5. The monoisotopic (exact) mass is 400 g/mol. The maximum Gasteiger partial charge on any atom is 0.314 e. The van der Waals surface area contributed by atoms with Crippen LogP contribution in [0.25, 0.3) is 0 Å². The lowest BCUT2D eigenvalue weighted by Crippen LogP contribution is -2.57. The molecule has 1 heterocycles. The third kappa shape index (κ3) is 2.69. The molecule has 0 spiro atoms. The first-order valence-electron chi connectivity index (χ1n) is 9.88. The van der Waals surface area contributed by atoms with Crippen LogP contribution in [-0.2, 0) is 14.3 Å². The molecule has 8 atom stereocenters. The molecule has 5 N–H and O–H groups in total. The van der Waals surface area contributed by atoms with Crippen LogP contribution in [0.1, 0.15) is 53.4 Å². The van der Waals surface area contributed by atoms with Gasteiger partial charge in [-0.15, -0.1) is 0 Å². The first-order valence-corrected chi connectivity index (χ1v) is 9.88. The number of Topliss-reactive ketones (excluding diaryl/α,β-unsaturated/α-hetero) is 1. The maximum absolute atomic E-state index is 12.4. The molecule has 2 saturated carbocycles. The molecule has 0 radical (unpaired) electrons. The average Bonchev–Trinajstić information content (AvgIpc) is 2.80. The Balaban J connectivity index is 2.05. The van der Waals surface area contributed by atoms with Crippen molar-refractivity contribution in [2.75, 3.05) is 6.61 Å². The van der Waals surface area contributed by atoms with Gasteiger partial charge in [0.25, 0.3) is 0 Å². The van der Waals surface area contributed by atoms with Crippen molar-refractivity contribution < 1.29 is 39.9 Å². The molecule has 0 aromatic carbocycles. The summed E-state index contributed by atoms with van der Waals surface area (Å²) >= 11 is 0. The fourth-order valence-corrected chi connectivity index (χ4v) is 6.22. The summed E-state index contributed by atoms with van der Waals surface area (Å²) in [6.45, 7) is 5.62. The largest absolute Gasteiger partial charge is 0.459 e. The number of hydrogen-bond acceptors (Lipinski definition) is 8. The highest BCUT2D eigenvalue weighted by molar-refractivity contribution is 5.81. The zero-order valence-electron chi connectivity index (χ0n) is 16.9. The Morgan fingerprint density at radius 2 is 1.82 bits per heavy atom. The predicted octanol–water partition coefficient (Wildman–Crippen LogP) is -0.470. The molecule has 4 unspecified atom stereocenters. The molecule has 2 bridgehead atoms. The third-order valence-corrected chi connectivity index (χ3v) is 7.84. The summed E-state index contributed by atoms with van der Waals surface area (Å²) in [6.07, 6.45) is -3.29. The molecule has 0 aromatic heterocycles. The lowest BCUT2D eigenvalue weighted by Gasteiger charge is -2.48. The van der Waals surface area contributed by atoms with E-state index in [9.17, 15) is 35.1 Å².